The van der Waals surface area contributed by atoms with Gasteiger partial charge in [0.25, 0.3) is 0 Å². The van der Waals surface area contributed by atoms with Crippen molar-refractivity contribution in [1.82, 2.24) is 4.98 Å². The van der Waals surface area contributed by atoms with E-state index in [4.69, 9.17) is 4.74 Å². The van der Waals surface area contributed by atoms with Crippen molar-refractivity contribution in [2.75, 3.05) is 11.9 Å². The van der Waals surface area contributed by atoms with Crippen molar-refractivity contribution in [3.8, 4) is 0 Å². The molecule has 6 heteroatoms. The molecule has 2 heterocycles. The highest BCUT2D eigenvalue weighted by atomic mass is 32.1. The Hall–Kier alpha value is -1.40. The van der Waals surface area contributed by atoms with Gasteiger partial charge < -0.3 is 10.1 Å². The van der Waals surface area contributed by atoms with Gasteiger partial charge >= 0.3 is 5.97 Å². The first kappa shape index (κ1) is 16.0. The summed E-state index contributed by atoms with van der Waals surface area (Å²) in [6.07, 6.45) is 0. The average Bonchev–Trinajstić information content (AvgIpc) is 2.92. The molecule has 0 spiro atoms. The van der Waals surface area contributed by atoms with E-state index >= 15 is 0 Å². The molecule has 0 saturated heterocycles. The zero-order valence-corrected chi connectivity index (χ0v) is 14.6. The smallest absolute Gasteiger partial charge is 0.358 e. The molecule has 0 aliphatic carbocycles. The molecule has 21 heavy (non-hydrogen) atoms. The molecule has 1 atom stereocenters. The number of aromatic nitrogens is 1. The Morgan fingerprint density at radius 2 is 2.05 bits per heavy atom. The second-order valence-electron chi connectivity index (χ2n) is 4.88. The zero-order valence-electron chi connectivity index (χ0n) is 12.9. The van der Waals surface area contributed by atoms with Gasteiger partial charge in [-0.1, -0.05) is 0 Å². The molecule has 2 aromatic rings. The van der Waals surface area contributed by atoms with E-state index in [1.807, 2.05) is 6.92 Å². The van der Waals surface area contributed by atoms with Crippen LogP contribution >= 0.6 is 22.7 Å². The third-order valence-corrected chi connectivity index (χ3v) is 5.03. The lowest BCUT2D eigenvalue weighted by atomic mass is 10.1. The largest absolute Gasteiger partial charge is 0.461 e. The Labute approximate surface area is 133 Å². The molecule has 2 rings (SSSR count). The number of esters is 1. The minimum absolute atomic E-state index is 0.163. The number of aryl methyl sites for hydroxylation is 3. The van der Waals surface area contributed by atoms with Crippen molar-refractivity contribution in [2.24, 2.45) is 0 Å². The van der Waals surface area contributed by atoms with Crippen LogP contribution in [0.25, 0.3) is 0 Å². The Kier molecular flexibility index (Phi) is 5.00. The summed E-state index contributed by atoms with van der Waals surface area (Å²) in [7, 11) is 0. The van der Waals surface area contributed by atoms with Gasteiger partial charge in [0.05, 0.1) is 12.6 Å². The molecule has 0 aliphatic heterocycles. The number of hydrogen-bond acceptors (Lipinski definition) is 6. The van der Waals surface area contributed by atoms with Gasteiger partial charge in [0.1, 0.15) is 0 Å². The van der Waals surface area contributed by atoms with Gasteiger partial charge in [-0.3, -0.25) is 0 Å². The van der Waals surface area contributed by atoms with Crippen LogP contribution in [0.5, 0.6) is 0 Å². The van der Waals surface area contributed by atoms with Crippen molar-refractivity contribution in [2.45, 2.75) is 40.7 Å². The number of carbonyl (C=O) groups is 1. The van der Waals surface area contributed by atoms with Gasteiger partial charge in [-0.15, -0.1) is 22.7 Å². The summed E-state index contributed by atoms with van der Waals surface area (Å²) in [4.78, 5) is 19.6. The van der Waals surface area contributed by atoms with E-state index in [0.717, 1.165) is 10.0 Å². The number of rotatable bonds is 5. The summed E-state index contributed by atoms with van der Waals surface area (Å²) in [5.41, 5.74) is 1.69. The lowest BCUT2D eigenvalue weighted by Crippen LogP contribution is -2.09. The van der Waals surface area contributed by atoms with E-state index in [-0.39, 0.29) is 12.0 Å². The van der Waals surface area contributed by atoms with E-state index in [9.17, 15) is 4.79 Å². The van der Waals surface area contributed by atoms with Crippen LogP contribution in [-0.4, -0.2) is 17.6 Å². The quantitative estimate of drug-likeness (QED) is 0.824. The lowest BCUT2D eigenvalue weighted by molar-refractivity contribution is 0.0519. The van der Waals surface area contributed by atoms with Gasteiger partial charge in [0, 0.05) is 14.6 Å². The molecule has 0 amide bonds. The number of ether oxygens (including phenoxy) is 1. The average molecular weight is 324 g/mol. The monoisotopic (exact) mass is 324 g/mol. The zero-order chi connectivity index (χ0) is 15.6. The van der Waals surface area contributed by atoms with Crippen LogP contribution in [0.4, 0.5) is 5.13 Å². The van der Waals surface area contributed by atoms with Crippen LogP contribution in [0.2, 0.25) is 0 Å². The molecule has 0 aliphatic rings. The second kappa shape index (κ2) is 6.58. The molecule has 1 unspecified atom stereocenters. The Bertz CT molecular complexity index is 646. The molecule has 0 saturated carbocycles. The lowest BCUT2D eigenvalue weighted by Gasteiger charge is -2.12. The highest BCUT2D eigenvalue weighted by molar-refractivity contribution is 7.15. The van der Waals surface area contributed by atoms with Gasteiger partial charge in [0.2, 0.25) is 0 Å². The van der Waals surface area contributed by atoms with Gasteiger partial charge in [0.15, 0.2) is 10.8 Å². The van der Waals surface area contributed by atoms with Crippen LogP contribution in [-0.2, 0) is 4.74 Å². The Morgan fingerprint density at radius 1 is 1.33 bits per heavy atom. The first-order valence-corrected chi connectivity index (χ1v) is 8.53. The van der Waals surface area contributed by atoms with E-state index < -0.39 is 0 Å². The van der Waals surface area contributed by atoms with Crippen molar-refractivity contribution in [3.63, 3.8) is 0 Å². The third-order valence-electron chi connectivity index (χ3n) is 3.15. The van der Waals surface area contributed by atoms with E-state index in [2.05, 4.69) is 37.1 Å². The molecule has 0 radical (unpaired) electrons. The Balaban J connectivity index is 2.15. The summed E-state index contributed by atoms with van der Waals surface area (Å²) in [6.45, 7) is 10.4. The minimum atomic E-state index is -0.352. The molecule has 0 bridgehead atoms. The van der Waals surface area contributed by atoms with Crippen LogP contribution in [0.3, 0.4) is 0 Å². The molecule has 0 fully saturated rings. The summed E-state index contributed by atoms with van der Waals surface area (Å²) in [6, 6.07) is 2.36. The molecule has 2 aromatic heterocycles. The van der Waals surface area contributed by atoms with Crippen LogP contribution in [0, 0.1) is 20.8 Å². The highest BCUT2D eigenvalue weighted by Gasteiger charge is 2.18. The predicted molar refractivity (Wildman–Crippen MR) is 88.6 cm³/mol. The summed E-state index contributed by atoms with van der Waals surface area (Å²) < 4.78 is 5.01. The summed E-state index contributed by atoms with van der Waals surface area (Å²) >= 11 is 3.28. The highest BCUT2D eigenvalue weighted by Crippen LogP contribution is 2.31. The number of thiophene rings is 1. The molecule has 4 nitrogen and oxygen atoms in total. The van der Waals surface area contributed by atoms with Crippen molar-refractivity contribution in [3.05, 3.63) is 32.0 Å². The molecule has 114 valence electrons. The van der Waals surface area contributed by atoms with Gasteiger partial charge in [-0.25, -0.2) is 9.78 Å². The Morgan fingerprint density at radius 3 is 2.62 bits per heavy atom. The van der Waals surface area contributed by atoms with E-state index in [0.29, 0.717) is 12.3 Å². The minimum Gasteiger partial charge on any atom is -0.461 e. The molecular weight excluding hydrogens is 304 g/mol. The standard InChI is InChI=1S/C15H20N2O2S2/c1-6-19-14(18)13-11(5)21-15(17-13)16-9(3)12-7-8(2)20-10(12)4/h7,9H,6H2,1-5H3,(H,16,17). The molecule has 1 N–H and O–H groups in total. The van der Waals surface area contributed by atoms with Crippen molar-refractivity contribution < 1.29 is 9.53 Å². The first-order chi connectivity index (χ1) is 9.92. The normalized spacial score (nSPS) is 12.2. The number of nitrogens with zero attached hydrogens (tertiary/aromatic N) is 1. The first-order valence-electron chi connectivity index (χ1n) is 6.90. The fourth-order valence-corrected chi connectivity index (χ4v) is 4.10. The maximum atomic E-state index is 11.8. The van der Waals surface area contributed by atoms with Crippen LogP contribution in [0.15, 0.2) is 6.07 Å². The predicted octanol–water partition coefficient (Wildman–Crippen LogP) is 4.48. The summed E-state index contributed by atoms with van der Waals surface area (Å²) in [5.74, 6) is -0.352. The van der Waals surface area contributed by atoms with Crippen LogP contribution < -0.4 is 5.32 Å². The second-order valence-corrected chi connectivity index (χ2v) is 7.54. The van der Waals surface area contributed by atoms with E-state index in [1.54, 1.807) is 18.3 Å². The maximum absolute atomic E-state index is 11.8. The van der Waals surface area contributed by atoms with Crippen molar-refractivity contribution in [1.29, 1.82) is 0 Å². The molecular formula is C15H20N2O2S2. The number of carbonyl (C=O) groups excluding carboxylic acids is 1. The maximum Gasteiger partial charge on any atom is 0.358 e. The SMILES string of the molecule is CCOC(=O)c1nc(NC(C)c2cc(C)sc2C)sc1C. The molecule has 0 aromatic carbocycles. The number of thiazole rings is 1. The fourth-order valence-electron chi connectivity index (χ4n) is 2.19. The topological polar surface area (TPSA) is 51.2 Å². The van der Waals surface area contributed by atoms with Crippen molar-refractivity contribution >= 4 is 33.8 Å². The van der Waals surface area contributed by atoms with E-state index in [1.165, 1.54) is 26.7 Å². The fraction of sp³-hybridized carbons (Fsp3) is 0.467. The van der Waals surface area contributed by atoms with Gasteiger partial charge in [-0.2, -0.15) is 0 Å². The number of hydrogen-bond donors (Lipinski definition) is 1. The third kappa shape index (κ3) is 3.63. The van der Waals surface area contributed by atoms with Crippen LogP contribution in [0.1, 0.15) is 50.6 Å². The summed E-state index contributed by atoms with van der Waals surface area (Å²) in [5, 5.41) is 4.13. The van der Waals surface area contributed by atoms with Gasteiger partial charge in [-0.05, 0) is 46.2 Å². The number of nitrogens with one attached hydrogen (secondary N) is 1. The number of anilines is 1.